The summed E-state index contributed by atoms with van der Waals surface area (Å²) in [7, 11) is 1.83. The molecule has 82 valence electrons. The second kappa shape index (κ2) is 4.70. The molecule has 0 radical (unpaired) electrons. The van der Waals surface area contributed by atoms with E-state index in [-0.39, 0.29) is 0 Å². The molecule has 0 spiro atoms. The van der Waals surface area contributed by atoms with Gasteiger partial charge in [-0.15, -0.1) is 0 Å². The zero-order valence-corrected chi connectivity index (χ0v) is 9.90. The van der Waals surface area contributed by atoms with Gasteiger partial charge in [-0.05, 0) is 19.1 Å². The molecule has 2 heterocycles. The Hall–Kier alpha value is -0.970. The van der Waals surface area contributed by atoms with E-state index in [1.807, 2.05) is 31.9 Å². The molecule has 1 aromatic heterocycles. The molecule has 1 aliphatic heterocycles. The van der Waals surface area contributed by atoms with Gasteiger partial charge < -0.3 is 10.6 Å². The first kappa shape index (κ1) is 10.5. The molecular weight excluding hydrogens is 208 g/mol. The van der Waals surface area contributed by atoms with Gasteiger partial charge in [-0.2, -0.15) is 16.7 Å². The number of nitrogens with zero attached hydrogens (tertiary/aromatic N) is 2. The first-order chi connectivity index (χ1) is 7.29. The summed E-state index contributed by atoms with van der Waals surface area (Å²) in [6.07, 6.45) is 3.08. The van der Waals surface area contributed by atoms with Gasteiger partial charge in [-0.1, -0.05) is 0 Å². The Morgan fingerprint density at radius 2 is 2.40 bits per heavy atom. The SMILES string of the molecule is CNc1ncc(C)c(NC2CCSC2)n1. The van der Waals surface area contributed by atoms with Crippen LogP contribution in [0.1, 0.15) is 12.0 Å². The normalized spacial score (nSPS) is 20.3. The molecule has 0 saturated carbocycles. The van der Waals surface area contributed by atoms with Crippen molar-refractivity contribution in [2.24, 2.45) is 0 Å². The van der Waals surface area contributed by atoms with E-state index in [4.69, 9.17) is 0 Å². The van der Waals surface area contributed by atoms with Crippen LogP contribution in [0.3, 0.4) is 0 Å². The zero-order chi connectivity index (χ0) is 10.7. The number of aryl methyl sites for hydroxylation is 1. The lowest BCUT2D eigenvalue weighted by Crippen LogP contribution is -2.20. The van der Waals surface area contributed by atoms with Gasteiger partial charge in [0.1, 0.15) is 5.82 Å². The Labute approximate surface area is 94.3 Å². The fourth-order valence-corrected chi connectivity index (χ4v) is 2.70. The second-order valence-corrected chi connectivity index (χ2v) is 4.83. The monoisotopic (exact) mass is 224 g/mol. The first-order valence-corrected chi connectivity index (χ1v) is 6.30. The molecule has 0 aliphatic carbocycles. The van der Waals surface area contributed by atoms with Crippen LogP contribution in [-0.2, 0) is 0 Å². The average Bonchev–Trinajstić information content (AvgIpc) is 2.74. The van der Waals surface area contributed by atoms with E-state index in [0.29, 0.717) is 12.0 Å². The number of aromatic nitrogens is 2. The van der Waals surface area contributed by atoms with Gasteiger partial charge in [0.15, 0.2) is 0 Å². The van der Waals surface area contributed by atoms with Gasteiger partial charge in [-0.3, -0.25) is 0 Å². The van der Waals surface area contributed by atoms with Crippen molar-refractivity contribution in [3.8, 4) is 0 Å². The van der Waals surface area contributed by atoms with Crippen LogP contribution in [0.4, 0.5) is 11.8 Å². The van der Waals surface area contributed by atoms with E-state index < -0.39 is 0 Å². The molecule has 2 N–H and O–H groups in total. The second-order valence-electron chi connectivity index (χ2n) is 3.68. The molecule has 0 amide bonds. The van der Waals surface area contributed by atoms with Crippen molar-refractivity contribution in [3.05, 3.63) is 11.8 Å². The highest BCUT2D eigenvalue weighted by Crippen LogP contribution is 2.22. The highest BCUT2D eigenvalue weighted by atomic mass is 32.2. The minimum Gasteiger partial charge on any atom is -0.366 e. The molecule has 1 aromatic rings. The standard InChI is InChI=1S/C10H16N4S/c1-7-5-12-10(11-2)14-9(7)13-8-3-4-15-6-8/h5,8H,3-4,6H2,1-2H3,(H2,11,12,13,14). The van der Waals surface area contributed by atoms with E-state index in [0.717, 1.165) is 11.4 Å². The van der Waals surface area contributed by atoms with E-state index in [1.165, 1.54) is 17.9 Å². The van der Waals surface area contributed by atoms with Crippen LogP contribution in [0.2, 0.25) is 0 Å². The predicted octanol–water partition coefficient (Wildman–Crippen LogP) is 1.74. The third-order valence-electron chi connectivity index (χ3n) is 2.47. The van der Waals surface area contributed by atoms with E-state index in [9.17, 15) is 0 Å². The molecule has 1 atom stereocenters. The number of nitrogens with one attached hydrogen (secondary N) is 2. The molecule has 1 saturated heterocycles. The Morgan fingerprint density at radius 3 is 3.07 bits per heavy atom. The molecule has 2 rings (SSSR count). The summed E-state index contributed by atoms with van der Waals surface area (Å²) in [4.78, 5) is 8.58. The summed E-state index contributed by atoms with van der Waals surface area (Å²) in [5.74, 6) is 4.06. The van der Waals surface area contributed by atoms with Crippen LogP contribution < -0.4 is 10.6 Å². The molecule has 15 heavy (non-hydrogen) atoms. The van der Waals surface area contributed by atoms with Gasteiger partial charge in [0.2, 0.25) is 5.95 Å². The fourth-order valence-electron chi connectivity index (χ4n) is 1.55. The maximum atomic E-state index is 4.41. The third-order valence-corrected chi connectivity index (χ3v) is 3.63. The highest BCUT2D eigenvalue weighted by molar-refractivity contribution is 7.99. The minimum atomic E-state index is 0.563. The molecule has 1 aliphatic rings. The molecule has 0 bridgehead atoms. The van der Waals surface area contributed by atoms with Crippen molar-refractivity contribution in [1.29, 1.82) is 0 Å². The molecule has 5 heteroatoms. The summed E-state index contributed by atoms with van der Waals surface area (Å²) in [5, 5.41) is 6.42. The molecular formula is C10H16N4S. The fraction of sp³-hybridized carbons (Fsp3) is 0.600. The Bertz CT molecular complexity index is 336. The van der Waals surface area contributed by atoms with Crippen LogP contribution in [0, 0.1) is 6.92 Å². The zero-order valence-electron chi connectivity index (χ0n) is 9.08. The number of rotatable bonds is 3. The smallest absolute Gasteiger partial charge is 0.224 e. The van der Waals surface area contributed by atoms with E-state index in [2.05, 4.69) is 20.6 Å². The maximum absolute atomic E-state index is 4.41. The van der Waals surface area contributed by atoms with Crippen LogP contribution in [-0.4, -0.2) is 34.6 Å². The lowest BCUT2D eigenvalue weighted by Gasteiger charge is -2.14. The summed E-state index contributed by atoms with van der Waals surface area (Å²) in [6.45, 7) is 2.03. The summed E-state index contributed by atoms with van der Waals surface area (Å²) in [5.41, 5.74) is 1.10. The maximum Gasteiger partial charge on any atom is 0.224 e. The number of anilines is 2. The van der Waals surface area contributed by atoms with Gasteiger partial charge in [0, 0.05) is 30.6 Å². The molecule has 1 fully saturated rings. The van der Waals surface area contributed by atoms with Crippen LogP contribution in [0.15, 0.2) is 6.20 Å². The van der Waals surface area contributed by atoms with Crippen molar-refractivity contribution in [2.75, 3.05) is 29.2 Å². The third kappa shape index (κ3) is 2.53. The summed E-state index contributed by atoms with van der Waals surface area (Å²) in [6, 6.07) is 0.563. The van der Waals surface area contributed by atoms with Crippen molar-refractivity contribution in [3.63, 3.8) is 0 Å². The van der Waals surface area contributed by atoms with Crippen LogP contribution >= 0.6 is 11.8 Å². The quantitative estimate of drug-likeness (QED) is 0.819. The highest BCUT2D eigenvalue weighted by Gasteiger charge is 2.16. The number of thioether (sulfide) groups is 1. The predicted molar refractivity (Wildman–Crippen MR) is 65.7 cm³/mol. The van der Waals surface area contributed by atoms with Crippen molar-refractivity contribution >= 4 is 23.5 Å². The Kier molecular flexibility index (Phi) is 3.30. The van der Waals surface area contributed by atoms with Crippen LogP contribution in [0.5, 0.6) is 0 Å². The molecule has 4 nitrogen and oxygen atoms in total. The van der Waals surface area contributed by atoms with Gasteiger partial charge >= 0.3 is 0 Å². The summed E-state index contributed by atoms with van der Waals surface area (Å²) >= 11 is 2.00. The minimum absolute atomic E-state index is 0.563. The van der Waals surface area contributed by atoms with Gasteiger partial charge in [0.05, 0.1) is 0 Å². The van der Waals surface area contributed by atoms with E-state index >= 15 is 0 Å². The first-order valence-electron chi connectivity index (χ1n) is 5.15. The van der Waals surface area contributed by atoms with Crippen molar-refractivity contribution in [2.45, 2.75) is 19.4 Å². The molecule has 0 aromatic carbocycles. The topological polar surface area (TPSA) is 49.8 Å². The Morgan fingerprint density at radius 1 is 1.53 bits per heavy atom. The van der Waals surface area contributed by atoms with Crippen LogP contribution in [0.25, 0.3) is 0 Å². The van der Waals surface area contributed by atoms with Gasteiger partial charge in [-0.25, -0.2) is 4.98 Å². The lowest BCUT2D eigenvalue weighted by molar-refractivity contribution is 0.804. The number of hydrogen-bond acceptors (Lipinski definition) is 5. The molecule has 1 unspecified atom stereocenters. The lowest BCUT2D eigenvalue weighted by atomic mass is 10.2. The summed E-state index contributed by atoms with van der Waals surface area (Å²) < 4.78 is 0. The number of hydrogen-bond donors (Lipinski definition) is 2. The average molecular weight is 224 g/mol. The Balaban J connectivity index is 2.11. The van der Waals surface area contributed by atoms with Crippen molar-refractivity contribution in [1.82, 2.24) is 9.97 Å². The largest absolute Gasteiger partial charge is 0.366 e. The van der Waals surface area contributed by atoms with Gasteiger partial charge in [0.25, 0.3) is 0 Å². The van der Waals surface area contributed by atoms with E-state index in [1.54, 1.807) is 0 Å². The van der Waals surface area contributed by atoms with Crippen molar-refractivity contribution < 1.29 is 0 Å².